The van der Waals surface area contributed by atoms with Crippen LogP contribution in [0.4, 0.5) is 0 Å². The molecule has 122 valence electrons. The Morgan fingerprint density at radius 2 is 2.14 bits per heavy atom. The van der Waals surface area contributed by atoms with E-state index in [9.17, 15) is 18.0 Å². The highest BCUT2D eigenvalue weighted by Crippen LogP contribution is 2.53. The fraction of sp³-hybridized carbons (Fsp3) is 0.615. The molecule has 1 fully saturated rings. The Bertz CT molecular complexity index is 711. The largest absolute Gasteiger partial charge is 0.300 e. The molecule has 0 radical (unpaired) electrons. The van der Waals surface area contributed by atoms with E-state index in [4.69, 9.17) is 11.6 Å². The lowest BCUT2D eigenvalue weighted by Crippen LogP contribution is -2.50. The summed E-state index contributed by atoms with van der Waals surface area (Å²) in [6.07, 6.45) is 0.668. The maximum absolute atomic E-state index is 12.0. The van der Waals surface area contributed by atoms with Crippen molar-refractivity contribution in [3.8, 4) is 0 Å². The van der Waals surface area contributed by atoms with Crippen molar-refractivity contribution in [2.45, 2.75) is 38.5 Å². The smallest absolute Gasteiger partial charge is 0.268 e. The number of ketones is 1. The first kappa shape index (κ1) is 17.4. The molecule has 1 saturated carbocycles. The highest BCUT2D eigenvalue weighted by atomic mass is 35.5. The van der Waals surface area contributed by atoms with Crippen LogP contribution in [0.2, 0.25) is 5.15 Å². The summed E-state index contributed by atoms with van der Waals surface area (Å²) in [4.78, 5) is 23.3. The Kier molecular flexibility index (Phi) is 4.66. The van der Waals surface area contributed by atoms with E-state index < -0.39 is 15.9 Å². The van der Waals surface area contributed by atoms with Gasteiger partial charge in [-0.15, -0.1) is 0 Å². The molecule has 0 aromatic carbocycles. The molecular formula is C13H17ClN2O4S2. The van der Waals surface area contributed by atoms with Crippen molar-refractivity contribution in [1.29, 1.82) is 0 Å². The van der Waals surface area contributed by atoms with Gasteiger partial charge in [-0.2, -0.15) is 4.37 Å². The minimum Gasteiger partial charge on any atom is -0.300 e. The number of hydrogen-bond donors (Lipinski definition) is 1. The first-order valence-corrected chi connectivity index (χ1v) is 9.41. The zero-order valence-electron chi connectivity index (χ0n) is 12.4. The van der Waals surface area contributed by atoms with Gasteiger partial charge in [-0.1, -0.05) is 25.4 Å². The molecule has 1 N–H and O–H groups in total. The standard InChI is InChI=1S/C13H17ClN2O4S2/c1-7(17)9-4-8(13(9,2)3)5-11(18)16-22(19,20)10-6-21-15-12(10)14/h6,8-9H,4-5H2,1-3H3,(H,16,18)/t8-,9+/m1/s1. The zero-order valence-corrected chi connectivity index (χ0v) is 14.8. The third-order valence-electron chi connectivity index (χ3n) is 4.43. The molecule has 2 atom stereocenters. The first-order chi connectivity index (χ1) is 10.1. The third kappa shape index (κ3) is 3.18. The van der Waals surface area contributed by atoms with Crippen molar-refractivity contribution in [2.24, 2.45) is 17.3 Å². The summed E-state index contributed by atoms with van der Waals surface area (Å²) >= 11 is 6.59. The lowest BCUT2D eigenvalue weighted by Gasteiger charge is -2.51. The van der Waals surface area contributed by atoms with Crippen molar-refractivity contribution >= 4 is 44.8 Å². The van der Waals surface area contributed by atoms with E-state index in [1.807, 2.05) is 18.6 Å². The van der Waals surface area contributed by atoms with Gasteiger partial charge in [0.25, 0.3) is 10.0 Å². The number of rotatable bonds is 5. The molecule has 1 amide bonds. The summed E-state index contributed by atoms with van der Waals surface area (Å²) in [6, 6.07) is 0. The number of hydrogen-bond acceptors (Lipinski definition) is 6. The minimum atomic E-state index is -3.99. The molecule has 1 heterocycles. The second-order valence-corrected chi connectivity index (χ2v) is 8.76. The molecule has 0 saturated heterocycles. The van der Waals surface area contributed by atoms with Crippen LogP contribution in [-0.4, -0.2) is 24.5 Å². The monoisotopic (exact) mass is 364 g/mol. The Morgan fingerprint density at radius 3 is 2.59 bits per heavy atom. The van der Waals surface area contributed by atoms with Gasteiger partial charge >= 0.3 is 0 Å². The molecule has 0 unspecified atom stereocenters. The van der Waals surface area contributed by atoms with Crippen LogP contribution in [0.25, 0.3) is 0 Å². The van der Waals surface area contributed by atoms with Crippen molar-refractivity contribution in [1.82, 2.24) is 9.10 Å². The fourth-order valence-electron chi connectivity index (χ4n) is 2.91. The van der Waals surface area contributed by atoms with Crippen LogP contribution in [0, 0.1) is 17.3 Å². The van der Waals surface area contributed by atoms with Crippen LogP contribution in [0.5, 0.6) is 0 Å². The van der Waals surface area contributed by atoms with E-state index in [-0.39, 0.29) is 39.5 Å². The first-order valence-electron chi connectivity index (χ1n) is 6.71. The quantitative estimate of drug-likeness (QED) is 0.864. The van der Waals surface area contributed by atoms with Crippen molar-refractivity contribution < 1.29 is 18.0 Å². The average Bonchev–Trinajstić information content (AvgIpc) is 2.80. The molecule has 1 aromatic heterocycles. The van der Waals surface area contributed by atoms with Crippen molar-refractivity contribution in [3.63, 3.8) is 0 Å². The summed E-state index contributed by atoms with van der Waals surface area (Å²) in [7, 11) is -3.99. The summed E-state index contributed by atoms with van der Waals surface area (Å²) in [6.45, 7) is 5.39. The van der Waals surface area contributed by atoms with Crippen LogP contribution in [0.15, 0.2) is 10.3 Å². The Labute approximate surface area is 138 Å². The number of nitrogens with zero attached hydrogens (tertiary/aromatic N) is 1. The maximum Gasteiger partial charge on any atom is 0.268 e. The fourth-order valence-corrected chi connectivity index (χ4v) is 5.36. The van der Waals surface area contributed by atoms with E-state index >= 15 is 0 Å². The highest BCUT2D eigenvalue weighted by molar-refractivity contribution is 7.90. The molecule has 0 aliphatic heterocycles. The van der Waals surface area contributed by atoms with E-state index in [0.29, 0.717) is 6.42 Å². The Hall–Kier alpha value is -0.990. The molecule has 0 bridgehead atoms. The highest BCUT2D eigenvalue weighted by Gasteiger charge is 2.50. The van der Waals surface area contributed by atoms with Gasteiger partial charge in [0.15, 0.2) is 5.15 Å². The molecule has 1 aromatic rings. The molecule has 22 heavy (non-hydrogen) atoms. The summed E-state index contributed by atoms with van der Waals surface area (Å²) < 4.78 is 29.8. The van der Waals surface area contributed by atoms with Crippen LogP contribution >= 0.6 is 23.1 Å². The molecule has 1 aliphatic carbocycles. The number of Topliss-reactive ketones (excluding diaryl/α,β-unsaturated/α-hetero) is 1. The molecule has 9 heteroatoms. The summed E-state index contributed by atoms with van der Waals surface area (Å²) in [5.74, 6) is -0.585. The Balaban J connectivity index is 2.01. The number of nitrogens with one attached hydrogen (secondary N) is 1. The van der Waals surface area contributed by atoms with Crippen LogP contribution < -0.4 is 4.72 Å². The lowest BCUT2D eigenvalue weighted by molar-refractivity contribution is -0.140. The Morgan fingerprint density at radius 1 is 1.50 bits per heavy atom. The van der Waals surface area contributed by atoms with Crippen molar-refractivity contribution in [3.05, 3.63) is 10.5 Å². The van der Waals surface area contributed by atoms with Crippen molar-refractivity contribution in [2.75, 3.05) is 0 Å². The summed E-state index contributed by atoms with van der Waals surface area (Å²) in [5, 5.41) is 1.13. The molecular weight excluding hydrogens is 348 g/mol. The van der Waals surface area contributed by atoms with Crippen LogP contribution in [-0.2, 0) is 19.6 Å². The topological polar surface area (TPSA) is 93.2 Å². The zero-order chi connectivity index (χ0) is 16.7. The number of aromatic nitrogens is 1. The van der Waals surface area contributed by atoms with Gasteiger partial charge in [-0.05, 0) is 36.2 Å². The molecule has 2 rings (SSSR count). The second-order valence-electron chi connectivity index (χ2n) is 6.12. The van der Waals surface area contributed by atoms with Gasteiger partial charge in [-0.3, -0.25) is 9.59 Å². The van der Waals surface area contributed by atoms with Crippen LogP contribution in [0.1, 0.15) is 33.6 Å². The number of halogens is 1. The lowest BCUT2D eigenvalue weighted by atomic mass is 9.53. The molecule has 1 aliphatic rings. The van der Waals surface area contributed by atoms with Gasteiger partial charge in [0.1, 0.15) is 10.7 Å². The number of carbonyl (C=O) groups is 2. The van der Waals surface area contributed by atoms with Gasteiger partial charge < -0.3 is 0 Å². The predicted molar refractivity (Wildman–Crippen MR) is 83.1 cm³/mol. The summed E-state index contributed by atoms with van der Waals surface area (Å²) in [5.41, 5.74) is -0.297. The van der Waals surface area contributed by atoms with Crippen LogP contribution in [0.3, 0.4) is 0 Å². The minimum absolute atomic E-state index is 0.0207. The van der Waals surface area contributed by atoms with Gasteiger partial charge in [0.05, 0.1) is 0 Å². The predicted octanol–water partition coefficient (Wildman–Crippen LogP) is 2.24. The van der Waals surface area contributed by atoms with Gasteiger partial charge in [-0.25, -0.2) is 13.1 Å². The van der Waals surface area contributed by atoms with E-state index in [1.54, 1.807) is 6.92 Å². The normalized spacial score (nSPS) is 23.6. The van der Waals surface area contributed by atoms with Gasteiger partial charge in [0.2, 0.25) is 5.91 Å². The second kappa shape index (κ2) is 5.90. The number of sulfonamides is 1. The number of amides is 1. The van der Waals surface area contributed by atoms with E-state index in [1.165, 1.54) is 5.38 Å². The average molecular weight is 365 g/mol. The SMILES string of the molecule is CC(=O)[C@@H]1C[C@H](CC(=O)NS(=O)(=O)c2csnc2Cl)C1(C)C. The number of carbonyl (C=O) groups excluding carboxylic acids is 2. The van der Waals surface area contributed by atoms with E-state index in [2.05, 4.69) is 4.37 Å². The molecule has 0 spiro atoms. The molecule has 6 nitrogen and oxygen atoms in total. The van der Waals surface area contributed by atoms with Gasteiger partial charge in [0, 0.05) is 17.7 Å². The third-order valence-corrected chi connectivity index (χ3v) is 7.09. The van der Waals surface area contributed by atoms with E-state index in [0.717, 1.165) is 11.5 Å². The maximum atomic E-state index is 12.0.